The van der Waals surface area contributed by atoms with Crippen LogP contribution in [0.3, 0.4) is 0 Å². The predicted octanol–water partition coefficient (Wildman–Crippen LogP) is 4.33. The van der Waals surface area contributed by atoms with Crippen molar-refractivity contribution >= 4 is 35.2 Å². The molecule has 1 saturated carbocycles. The van der Waals surface area contributed by atoms with E-state index in [1.54, 1.807) is 18.6 Å². The number of hydrogen-bond acceptors (Lipinski definition) is 6. The Hall–Kier alpha value is -3.82. The zero-order valence-electron chi connectivity index (χ0n) is 18.8. The van der Waals surface area contributed by atoms with Gasteiger partial charge < -0.3 is 10.6 Å². The number of anilines is 1. The molecule has 2 N–H and O–H groups in total. The summed E-state index contributed by atoms with van der Waals surface area (Å²) in [6.45, 7) is 2.08. The minimum Gasteiger partial charge on any atom is -0.355 e. The monoisotopic (exact) mass is 466 g/mol. The van der Waals surface area contributed by atoms with Crippen LogP contribution in [0.1, 0.15) is 65.1 Å². The summed E-state index contributed by atoms with van der Waals surface area (Å²) in [6, 6.07) is 1.49. The van der Waals surface area contributed by atoms with Gasteiger partial charge in [0.25, 0.3) is 11.8 Å². The number of aromatic nitrogens is 2. The van der Waals surface area contributed by atoms with Crippen molar-refractivity contribution in [3.63, 3.8) is 0 Å². The summed E-state index contributed by atoms with van der Waals surface area (Å²) in [5.41, 5.74) is 0.823. The minimum absolute atomic E-state index is 0.0665. The van der Waals surface area contributed by atoms with E-state index < -0.39 is 23.4 Å². The number of carbonyl (C=O) groups excluding carboxylic acids is 2. The number of nitrogens with one attached hydrogen (secondary N) is 2. The number of hydrogen-bond donors (Lipinski definition) is 2. The van der Waals surface area contributed by atoms with Gasteiger partial charge in [-0.1, -0.05) is 13.0 Å². The highest BCUT2D eigenvalue weighted by Crippen LogP contribution is 2.39. The van der Waals surface area contributed by atoms with Crippen LogP contribution in [0.15, 0.2) is 40.6 Å². The second kappa shape index (κ2) is 9.98. The van der Waals surface area contributed by atoms with Crippen molar-refractivity contribution < 1.29 is 18.4 Å². The van der Waals surface area contributed by atoms with Crippen LogP contribution >= 0.6 is 0 Å². The largest absolute Gasteiger partial charge is 0.355 e. The molecule has 1 aromatic heterocycles. The predicted molar refractivity (Wildman–Crippen MR) is 125 cm³/mol. The third-order valence-electron chi connectivity index (χ3n) is 5.52. The minimum atomic E-state index is -1.20. The molecule has 2 heterocycles. The Labute approximate surface area is 195 Å². The lowest BCUT2D eigenvalue weighted by atomic mass is 10.0. The van der Waals surface area contributed by atoms with E-state index in [-0.39, 0.29) is 28.7 Å². The standard InChI is InChI=1S/C24H24F2N6O2/c1-13-4-3-7-28-11-15(8-13)30-22-21(31-20(12-29-22)14-5-6-14)24(34)32-19-10-18(26)17(25)9-16(19)23(33)27-2/h3,7,9-14H,4-6,8H2,1-2H3,(H,27,33)(H,32,34)/b7-3+,28-11?,30-15?. The Morgan fingerprint density at radius 2 is 1.91 bits per heavy atom. The van der Waals surface area contributed by atoms with E-state index in [2.05, 4.69) is 37.5 Å². The lowest BCUT2D eigenvalue weighted by molar-refractivity contribution is 0.0963. The maximum Gasteiger partial charge on any atom is 0.278 e. The Morgan fingerprint density at radius 3 is 2.65 bits per heavy atom. The number of amides is 2. The summed E-state index contributed by atoms with van der Waals surface area (Å²) in [6.07, 6.45) is 10.3. The molecule has 1 aromatic carbocycles. The Bertz CT molecular complexity index is 1220. The molecule has 0 bridgehead atoms. The molecule has 1 aliphatic heterocycles. The molecule has 4 rings (SSSR count). The van der Waals surface area contributed by atoms with Crippen LogP contribution in [0.25, 0.3) is 0 Å². The second-order valence-electron chi connectivity index (χ2n) is 8.40. The lowest BCUT2D eigenvalue weighted by Crippen LogP contribution is -2.23. The number of nitrogens with zero attached hydrogens (tertiary/aromatic N) is 4. The van der Waals surface area contributed by atoms with Gasteiger partial charge in [-0.25, -0.2) is 23.7 Å². The summed E-state index contributed by atoms with van der Waals surface area (Å²) >= 11 is 0. The molecule has 8 nitrogen and oxygen atoms in total. The van der Waals surface area contributed by atoms with Gasteiger partial charge in [0.15, 0.2) is 23.1 Å². The van der Waals surface area contributed by atoms with Crippen LogP contribution < -0.4 is 10.6 Å². The zero-order valence-corrected chi connectivity index (χ0v) is 18.8. The molecule has 34 heavy (non-hydrogen) atoms. The van der Waals surface area contributed by atoms with Crippen molar-refractivity contribution in [2.45, 2.75) is 38.5 Å². The van der Waals surface area contributed by atoms with Crippen molar-refractivity contribution in [2.75, 3.05) is 12.4 Å². The fraction of sp³-hybridized carbons (Fsp3) is 0.333. The van der Waals surface area contributed by atoms with E-state index in [0.29, 0.717) is 23.7 Å². The number of rotatable bonds is 5. The fourth-order valence-corrected chi connectivity index (χ4v) is 3.55. The Morgan fingerprint density at radius 1 is 1.15 bits per heavy atom. The molecule has 176 valence electrons. The third kappa shape index (κ3) is 5.38. The van der Waals surface area contributed by atoms with Gasteiger partial charge in [0, 0.05) is 31.4 Å². The quantitative estimate of drug-likeness (QED) is 0.684. The van der Waals surface area contributed by atoms with Crippen molar-refractivity contribution in [2.24, 2.45) is 15.9 Å². The normalized spacial score (nSPS) is 19.9. The summed E-state index contributed by atoms with van der Waals surface area (Å²) < 4.78 is 27.7. The summed E-state index contributed by atoms with van der Waals surface area (Å²) in [5.74, 6) is -3.20. The van der Waals surface area contributed by atoms with Crippen LogP contribution in [0.2, 0.25) is 0 Å². The number of allylic oxidation sites excluding steroid dienone is 1. The smallest absolute Gasteiger partial charge is 0.278 e. The highest BCUT2D eigenvalue weighted by Gasteiger charge is 2.28. The van der Waals surface area contributed by atoms with Crippen LogP contribution in [-0.2, 0) is 0 Å². The van der Waals surface area contributed by atoms with E-state index in [9.17, 15) is 18.4 Å². The van der Waals surface area contributed by atoms with Gasteiger partial charge in [0.1, 0.15) is 0 Å². The summed E-state index contributed by atoms with van der Waals surface area (Å²) in [4.78, 5) is 43.0. The first kappa shape index (κ1) is 23.3. The molecular weight excluding hydrogens is 442 g/mol. The fourth-order valence-electron chi connectivity index (χ4n) is 3.55. The molecular formula is C24H24F2N6O2. The van der Waals surface area contributed by atoms with Crippen molar-refractivity contribution in [1.82, 2.24) is 15.3 Å². The summed E-state index contributed by atoms with van der Waals surface area (Å²) in [7, 11) is 1.35. The van der Waals surface area contributed by atoms with Gasteiger partial charge in [0.05, 0.1) is 28.9 Å². The molecule has 2 aromatic rings. The number of benzene rings is 1. The average Bonchev–Trinajstić information content (AvgIpc) is 3.64. The van der Waals surface area contributed by atoms with Gasteiger partial charge >= 0.3 is 0 Å². The number of aliphatic imine (C=N–C) groups is 2. The number of carbonyl (C=O) groups is 2. The number of halogens is 2. The first-order chi connectivity index (χ1) is 16.4. The maximum absolute atomic E-state index is 13.9. The van der Waals surface area contributed by atoms with Gasteiger partial charge in [0.2, 0.25) is 0 Å². The molecule has 0 spiro atoms. The van der Waals surface area contributed by atoms with Crippen LogP contribution in [0, 0.1) is 17.6 Å². The average molecular weight is 466 g/mol. The van der Waals surface area contributed by atoms with Gasteiger partial charge in [-0.15, -0.1) is 0 Å². The van der Waals surface area contributed by atoms with E-state index in [1.165, 1.54) is 7.05 Å². The van der Waals surface area contributed by atoms with E-state index >= 15 is 0 Å². The molecule has 1 fully saturated rings. The topological polar surface area (TPSA) is 109 Å². The molecule has 2 aliphatic rings. The molecule has 10 heteroatoms. The maximum atomic E-state index is 13.9. The van der Waals surface area contributed by atoms with Gasteiger partial charge in [-0.3, -0.25) is 14.6 Å². The molecule has 1 atom stereocenters. The molecule has 2 amide bonds. The highest BCUT2D eigenvalue weighted by atomic mass is 19.2. The first-order valence-corrected chi connectivity index (χ1v) is 11.0. The molecule has 0 saturated heterocycles. The SMILES string of the molecule is CNC(=O)c1cc(F)c(F)cc1NC(=O)c1nc(C2CC2)cnc1N=C1C=N/C=C/CC(C)C1. The van der Waals surface area contributed by atoms with E-state index in [4.69, 9.17) is 0 Å². The Balaban J connectivity index is 1.73. The molecule has 1 unspecified atom stereocenters. The van der Waals surface area contributed by atoms with Crippen LogP contribution in [-0.4, -0.2) is 40.8 Å². The van der Waals surface area contributed by atoms with Gasteiger partial charge in [-0.05, 0) is 37.7 Å². The first-order valence-electron chi connectivity index (χ1n) is 11.0. The second-order valence-corrected chi connectivity index (χ2v) is 8.40. The molecule has 0 radical (unpaired) electrons. The van der Waals surface area contributed by atoms with Crippen molar-refractivity contribution in [1.29, 1.82) is 0 Å². The highest BCUT2D eigenvalue weighted by molar-refractivity contribution is 6.31. The van der Waals surface area contributed by atoms with E-state index in [0.717, 1.165) is 31.4 Å². The van der Waals surface area contributed by atoms with Crippen molar-refractivity contribution in [3.05, 3.63) is 59.2 Å². The van der Waals surface area contributed by atoms with Gasteiger partial charge in [-0.2, -0.15) is 0 Å². The zero-order chi connectivity index (χ0) is 24.2. The molecule has 1 aliphatic carbocycles. The lowest BCUT2D eigenvalue weighted by Gasteiger charge is -2.13. The van der Waals surface area contributed by atoms with Crippen LogP contribution in [0.5, 0.6) is 0 Å². The summed E-state index contributed by atoms with van der Waals surface area (Å²) in [5, 5.41) is 4.83. The van der Waals surface area contributed by atoms with Crippen LogP contribution in [0.4, 0.5) is 20.3 Å². The Kier molecular flexibility index (Phi) is 6.85. The van der Waals surface area contributed by atoms with Crippen molar-refractivity contribution in [3.8, 4) is 0 Å². The third-order valence-corrected chi connectivity index (χ3v) is 5.52. The van der Waals surface area contributed by atoms with E-state index in [1.807, 2.05) is 6.08 Å².